The van der Waals surface area contributed by atoms with E-state index in [-0.39, 0.29) is 11.6 Å². The predicted molar refractivity (Wildman–Crippen MR) is 78.0 cm³/mol. The number of hydrogen-bond donors (Lipinski definition) is 2. The molecule has 0 aliphatic carbocycles. The van der Waals surface area contributed by atoms with E-state index in [0.717, 1.165) is 13.1 Å². The van der Waals surface area contributed by atoms with Crippen molar-refractivity contribution in [3.8, 4) is 0 Å². The summed E-state index contributed by atoms with van der Waals surface area (Å²) in [6.07, 6.45) is 0.370. The molecule has 0 heterocycles. The zero-order valence-corrected chi connectivity index (χ0v) is 12.0. The Bertz CT molecular complexity index is 440. The zero-order chi connectivity index (χ0) is 15.0. The lowest BCUT2D eigenvalue weighted by Gasteiger charge is -2.19. The Balaban J connectivity index is 2.40. The maximum atomic E-state index is 13.0. The van der Waals surface area contributed by atoms with Crippen LogP contribution in [0.15, 0.2) is 18.2 Å². The molecule has 0 bridgehead atoms. The molecule has 0 radical (unpaired) electrons. The van der Waals surface area contributed by atoms with Crippen molar-refractivity contribution in [3.63, 3.8) is 0 Å². The van der Waals surface area contributed by atoms with Gasteiger partial charge in [-0.15, -0.1) is 0 Å². The van der Waals surface area contributed by atoms with Crippen LogP contribution in [0.4, 0.5) is 15.8 Å². The van der Waals surface area contributed by atoms with Gasteiger partial charge >= 0.3 is 0 Å². The van der Waals surface area contributed by atoms with E-state index in [1.165, 1.54) is 18.2 Å². The molecule has 5 nitrogen and oxygen atoms in total. The van der Waals surface area contributed by atoms with Gasteiger partial charge in [0.05, 0.1) is 12.3 Å². The first-order chi connectivity index (χ1) is 9.56. The maximum absolute atomic E-state index is 13.0. The summed E-state index contributed by atoms with van der Waals surface area (Å²) in [6.45, 7) is 4.99. The minimum atomic E-state index is -0.486. The van der Waals surface area contributed by atoms with Gasteiger partial charge < -0.3 is 20.7 Å². The molecule has 0 spiro atoms. The number of anilines is 2. The van der Waals surface area contributed by atoms with Gasteiger partial charge in [0.25, 0.3) is 0 Å². The van der Waals surface area contributed by atoms with Crippen LogP contribution in [0, 0.1) is 5.82 Å². The van der Waals surface area contributed by atoms with Crippen molar-refractivity contribution in [2.45, 2.75) is 13.3 Å². The molecule has 1 aromatic carbocycles. The number of benzene rings is 1. The normalized spacial score (nSPS) is 10.8. The highest BCUT2D eigenvalue weighted by molar-refractivity contribution is 5.91. The van der Waals surface area contributed by atoms with Crippen molar-refractivity contribution >= 4 is 17.3 Å². The molecule has 0 aromatic heterocycles. The lowest BCUT2D eigenvalue weighted by molar-refractivity contribution is -0.116. The first-order valence-electron chi connectivity index (χ1n) is 6.63. The number of ether oxygens (including phenoxy) is 1. The van der Waals surface area contributed by atoms with Gasteiger partial charge in [-0.3, -0.25) is 4.79 Å². The Morgan fingerprint density at radius 3 is 2.80 bits per heavy atom. The van der Waals surface area contributed by atoms with Crippen molar-refractivity contribution in [1.82, 2.24) is 4.90 Å². The standard InChI is InChI=1S/C14H22FN3O2/c1-3-18(8-9-20-2)7-6-14(19)17-11-4-5-12(15)13(16)10-11/h4-5,10H,3,6-9,16H2,1-2H3,(H,17,19). The molecule has 112 valence electrons. The van der Waals surface area contributed by atoms with E-state index in [0.29, 0.717) is 25.3 Å². The van der Waals surface area contributed by atoms with Crippen LogP contribution in [0.3, 0.4) is 0 Å². The molecule has 1 rings (SSSR count). The summed E-state index contributed by atoms with van der Waals surface area (Å²) >= 11 is 0. The van der Waals surface area contributed by atoms with Crippen molar-refractivity contribution in [2.24, 2.45) is 0 Å². The first-order valence-corrected chi connectivity index (χ1v) is 6.63. The SMILES string of the molecule is CCN(CCOC)CCC(=O)Nc1ccc(F)c(N)c1. The molecule has 3 N–H and O–H groups in total. The van der Waals surface area contributed by atoms with Crippen LogP contribution < -0.4 is 11.1 Å². The highest BCUT2D eigenvalue weighted by Crippen LogP contribution is 2.16. The summed E-state index contributed by atoms with van der Waals surface area (Å²) in [5.74, 6) is -0.605. The Labute approximate surface area is 118 Å². The van der Waals surface area contributed by atoms with Crippen LogP contribution in [0.25, 0.3) is 0 Å². The number of nitrogens with one attached hydrogen (secondary N) is 1. The summed E-state index contributed by atoms with van der Waals surface area (Å²) in [4.78, 5) is 13.9. The van der Waals surface area contributed by atoms with Crippen LogP contribution in [0.5, 0.6) is 0 Å². The molecule has 6 heteroatoms. The lowest BCUT2D eigenvalue weighted by Crippen LogP contribution is -2.30. The molecule has 0 unspecified atom stereocenters. The Hall–Kier alpha value is -1.66. The van der Waals surface area contributed by atoms with Crippen molar-refractivity contribution in [1.29, 1.82) is 0 Å². The molecule has 0 saturated heterocycles. The maximum Gasteiger partial charge on any atom is 0.225 e. The summed E-state index contributed by atoms with van der Waals surface area (Å²) in [5, 5.41) is 2.70. The number of amides is 1. The van der Waals surface area contributed by atoms with Crippen molar-refractivity contribution in [2.75, 3.05) is 44.4 Å². The average Bonchev–Trinajstić information content (AvgIpc) is 2.43. The third-order valence-electron chi connectivity index (χ3n) is 2.99. The molecule has 1 amide bonds. The van der Waals surface area contributed by atoms with Crippen LogP contribution in [0.1, 0.15) is 13.3 Å². The number of nitrogens with zero attached hydrogens (tertiary/aromatic N) is 1. The van der Waals surface area contributed by atoms with E-state index in [2.05, 4.69) is 10.2 Å². The Kier molecular flexibility index (Phi) is 6.97. The Morgan fingerprint density at radius 2 is 2.20 bits per heavy atom. The minimum absolute atomic E-state index is 0.0260. The second-order valence-electron chi connectivity index (χ2n) is 4.46. The van der Waals surface area contributed by atoms with Gasteiger partial charge in [0.1, 0.15) is 5.82 Å². The molecular weight excluding hydrogens is 261 g/mol. The number of hydrogen-bond acceptors (Lipinski definition) is 4. The fraction of sp³-hybridized carbons (Fsp3) is 0.500. The van der Waals surface area contributed by atoms with Gasteiger partial charge in [-0.1, -0.05) is 6.92 Å². The third-order valence-corrected chi connectivity index (χ3v) is 2.99. The monoisotopic (exact) mass is 283 g/mol. The minimum Gasteiger partial charge on any atom is -0.396 e. The second kappa shape index (κ2) is 8.50. The molecule has 0 aliphatic heterocycles. The Morgan fingerprint density at radius 1 is 1.45 bits per heavy atom. The quantitative estimate of drug-likeness (QED) is 0.713. The molecule has 0 saturated carbocycles. The van der Waals surface area contributed by atoms with E-state index < -0.39 is 5.82 Å². The number of nitrogen functional groups attached to an aromatic ring is 1. The van der Waals surface area contributed by atoms with Gasteiger partial charge in [0.15, 0.2) is 0 Å². The highest BCUT2D eigenvalue weighted by atomic mass is 19.1. The largest absolute Gasteiger partial charge is 0.396 e. The number of halogens is 1. The molecular formula is C14H22FN3O2. The smallest absolute Gasteiger partial charge is 0.225 e. The van der Waals surface area contributed by atoms with Gasteiger partial charge in [-0.25, -0.2) is 4.39 Å². The van der Waals surface area contributed by atoms with E-state index in [4.69, 9.17) is 10.5 Å². The summed E-state index contributed by atoms with van der Waals surface area (Å²) in [7, 11) is 1.65. The van der Waals surface area contributed by atoms with Crippen LogP contribution in [0.2, 0.25) is 0 Å². The number of methoxy groups -OCH3 is 1. The zero-order valence-electron chi connectivity index (χ0n) is 12.0. The molecule has 0 atom stereocenters. The van der Waals surface area contributed by atoms with E-state index in [1.54, 1.807) is 7.11 Å². The van der Waals surface area contributed by atoms with Gasteiger partial charge in [-0.05, 0) is 24.7 Å². The van der Waals surface area contributed by atoms with Gasteiger partial charge in [-0.2, -0.15) is 0 Å². The lowest BCUT2D eigenvalue weighted by atomic mass is 10.2. The highest BCUT2D eigenvalue weighted by Gasteiger charge is 2.08. The first kappa shape index (κ1) is 16.4. The van der Waals surface area contributed by atoms with Gasteiger partial charge in [0, 0.05) is 32.3 Å². The fourth-order valence-corrected chi connectivity index (χ4v) is 1.75. The summed E-state index contributed by atoms with van der Waals surface area (Å²) in [5.41, 5.74) is 5.98. The van der Waals surface area contributed by atoms with E-state index in [9.17, 15) is 9.18 Å². The van der Waals surface area contributed by atoms with Crippen molar-refractivity contribution in [3.05, 3.63) is 24.0 Å². The van der Waals surface area contributed by atoms with E-state index in [1.807, 2.05) is 6.92 Å². The number of likely N-dealkylation sites (N-methyl/N-ethyl adjacent to an activating group) is 1. The molecule has 0 aliphatic rings. The summed E-state index contributed by atoms with van der Waals surface area (Å²) < 4.78 is 18.0. The molecule has 0 fully saturated rings. The van der Waals surface area contributed by atoms with Crippen molar-refractivity contribution < 1.29 is 13.9 Å². The summed E-state index contributed by atoms with van der Waals surface area (Å²) in [6, 6.07) is 4.14. The van der Waals surface area contributed by atoms with Gasteiger partial charge in [0.2, 0.25) is 5.91 Å². The number of nitrogens with two attached hydrogens (primary N) is 1. The fourth-order valence-electron chi connectivity index (χ4n) is 1.75. The van der Waals surface area contributed by atoms with Crippen LogP contribution >= 0.6 is 0 Å². The van der Waals surface area contributed by atoms with E-state index >= 15 is 0 Å². The third kappa shape index (κ3) is 5.54. The molecule has 1 aromatic rings. The molecule has 20 heavy (non-hydrogen) atoms. The topological polar surface area (TPSA) is 67.6 Å². The average molecular weight is 283 g/mol. The number of carbonyl (C=O) groups excluding carboxylic acids is 1. The number of carbonyl (C=O) groups is 1. The second-order valence-corrected chi connectivity index (χ2v) is 4.46. The number of rotatable bonds is 8. The van der Waals surface area contributed by atoms with Crippen LogP contribution in [-0.2, 0) is 9.53 Å². The van der Waals surface area contributed by atoms with Crippen LogP contribution in [-0.4, -0.2) is 44.2 Å². The predicted octanol–water partition coefficient (Wildman–Crippen LogP) is 1.70.